The number of ether oxygens (including phenoxy) is 1. The number of benzene rings is 3. The van der Waals surface area contributed by atoms with E-state index >= 15 is 0 Å². The van der Waals surface area contributed by atoms with Crippen LogP contribution in [0, 0.1) is 0 Å². The van der Waals surface area contributed by atoms with Gasteiger partial charge in [-0.2, -0.15) is 5.10 Å². The molecule has 160 valence electrons. The molecule has 0 atom stereocenters. The largest absolute Gasteiger partial charge is 0.497 e. The molecule has 0 heterocycles. The third-order valence-corrected chi connectivity index (χ3v) is 5.62. The number of carbonyl (C=O) groups is 1. The van der Waals surface area contributed by atoms with Crippen molar-refractivity contribution in [2.24, 2.45) is 5.10 Å². The number of sulfonamides is 1. The van der Waals surface area contributed by atoms with Crippen molar-refractivity contribution < 1.29 is 17.9 Å². The van der Waals surface area contributed by atoms with E-state index in [1.54, 1.807) is 43.5 Å². The van der Waals surface area contributed by atoms with Crippen LogP contribution in [0.3, 0.4) is 0 Å². The van der Waals surface area contributed by atoms with Crippen LogP contribution in [0.4, 0.5) is 5.69 Å². The summed E-state index contributed by atoms with van der Waals surface area (Å²) in [6.07, 6.45) is 2.68. The quantitative estimate of drug-likeness (QED) is 0.432. The first-order valence-corrected chi connectivity index (χ1v) is 11.3. The van der Waals surface area contributed by atoms with Gasteiger partial charge in [0.2, 0.25) is 10.0 Å². The zero-order valence-electron chi connectivity index (χ0n) is 17.2. The fourth-order valence-corrected chi connectivity index (χ4v) is 3.74. The summed E-state index contributed by atoms with van der Waals surface area (Å²) in [6.45, 7) is 0.206. The molecule has 0 aromatic heterocycles. The van der Waals surface area contributed by atoms with Crippen molar-refractivity contribution in [3.05, 3.63) is 95.6 Å². The minimum Gasteiger partial charge on any atom is -0.497 e. The smallest absolute Gasteiger partial charge is 0.271 e. The molecule has 31 heavy (non-hydrogen) atoms. The number of nitrogens with one attached hydrogen (secondary N) is 1. The number of methoxy groups -OCH3 is 1. The Labute approximate surface area is 182 Å². The van der Waals surface area contributed by atoms with Gasteiger partial charge in [0.15, 0.2) is 0 Å². The van der Waals surface area contributed by atoms with Crippen molar-refractivity contribution in [1.29, 1.82) is 0 Å². The monoisotopic (exact) mass is 437 g/mol. The zero-order chi connectivity index (χ0) is 22.3. The molecule has 0 bridgehead atoms. The average Bonchev–Trinajstić information content (AvgIpc) is 2.78. The van der Waals surface area contributed by atoms with Gasteiger partial charge in [-0.25, -0.2) is 13.8 Å². The maximum atomic E-state index is 12.3. The van der Waals surface area contributed by atoms with E-state index in [9.17, 15) is 13.2 Å². The summed E-state index contributed by atoms with van der Waals surface area (Å²) < 4.78 is 31.0. The SMILES string of the molecule is COc1ccc(/C=N\NC(=O)c2ccc(N(Cc3ccccc3)S(C)(=O)=O)cc2)cc1. The molecule has 0 saturated heterocycles. The summed E-state index contributed by atoms with van der Waals surface area (Å²) in [5.74, 6) is 0.335. The van der Waals surface area contributed by atoms with Gasteiger partial charge < -0.3 is 4.74 Å². The summed E-state index contributed by atoms with van der Waals surface area (Å²) in [6, 6.07) is 22.9. The van der Waals surface area contributed by atoms with Gasteiger partial charge in [-0.15, -0.1) is 0 Å². The van der Waals surface area contributed by atoms with E-state index in [1.807, 2.05) is 42.5 Å². The fourth-order valence-electron chi connectivity index (χ4n) is 2.85. The van der Waals surface area contributed by atoms with Gasteiger partial charge in [0, 0.05) is 5.56 Å². The number of hydrazone groups is 1. The second-order valence-electron chi connectivity index (χ2n) is 6.77. The third-order valence-electron chi connectivity index (χ3n) is 4.48. The number of anilines is 1. The second-order valence-corrected chi connectivity index (χ2v) is 8.68. The number of hydrogen-bond donors (Lipinski definition) is 1. The van der Waals surface area contributed by atoms with Crippen molar-refractivity contribution in [3.63, 3.8) is 0 Å². The minimum atomic E-state index is -3.50. The van der Waals surface area contributed by atoms with Gasteiger partial charge in [-0.1, -0.05) is 30.3 Å². The van der Waals surface area contributed by atoms with Crippen LogP contribution in [0.1, 0.15) is 21.5 Å². The molecule has 3 aromatic carbocycles. The van der Waals surface area contributed by atoms with Gasteiger partial charge in [0.1, 0.15) is 5.75 Å². The molecule has 0 aliphatic rings. The summed E-state index contributed by atoms with van der Waals surface area (Å²) >= 11 is 0. The van der Waals surface area contributed by atoms with Crippen molar-refractivity contribution in [1.82, 2.24) is 5.43 Å². The molecule has 0 fully saturated rings. The lowest BCUT2D eigenvalue weighted by Gasteiger charge is -2.22. The predicted molar refractivity (Wildman–Crippen MR) is 122 cm³/mol. The van der Waals surface area contributed by atoms with Crippen LogP contribution < -0.4 is 14.5 Å². The molecule has 0 aliphatic carbocycles. The lowest BCUT2D eigenvalue weighted by atomic mass is 10.2. The number of amides is 1. The standard InChI is InChI=1S/C23H23N3O4S/c1-30-22-14-8-18(9-15-22)16-24-25-23(27)20-10-12-21(13-11-20)26(31(2,28)29)17-19-6-4-3-5-7-19/h3-16H,17H2,1-2H3,(H,25,27)/b24-16-. The Bertz CT molecular complexity index is 1140. The first-order valence-electron chi connectivity index (χ1n) is 9.46. The molecule has 0 unspecified atom stereocenters. The van der Waals surface area contributed by atoms with E-state index in [4.69, 9.17) is 4.74 Å². The highest BCUT2D eigenvalue weighted by Gasteiger charge is 2.18. The maximum Gasteiger partial charge on any atom is 0.271 e. The van der Waals surface area contributed by atoms with E-state index in [2.05, 4.69) is 10.5 Å². The Kier molecular flexibility index (Phi) is 7.04. The topological polar surface area (TPSA) is 88.1 Å². The normalized spacial score (nSPS) is 11.3. The first-order chi connectivity index (χ1) is 14.9. The van der Waals surface area contributed by atoms with Gasteiger partial charge >= 0.3 is 0 Å². The van der Waals surface area contributed by atoms with Crippen molar-refractivity contribution in [2.75, 3.05) is 17.7 Å². The highest BCUT2D eigenvalue weighted by Crippen LogP contribution is 2.21. The first kappa shape index (κ1) is 22.0. The fraction of sp³-hybridized carbons (Fsp3) is 0.130. The van der Waals surface area contributed by atoms with Crippen LogP contribution in [-0.4, -0.2) is 33.9 Å². The molecule has 0 spiro atoms. The van der Waals surface area contributed by atoms with E-state index in [0.717, 1.165) is 23.1 Å². The molecule has 3 rings (SSSR count). The molecule has 0 saturated carbocycles. The van der Waals surface area contributed by atoms with Crippen molar-refractivity contribution >= 4 is 27.8 Å². The summed E-state index contributed by atoms with van der Waals surface area (Å²) in [5.41, 5.74) is 4.97. The van der Waals surface area contributed by atoms with E-state index < -0.39 is 15.9 Å². The van der Waals surface area contributed by atoms with Crippen molar-refractivity contribution in [2.45, 2.75) is 6.54 Å². The highest BCUT2D eigenvalue weighted by molar-refractivity contribution is 7.92. The number of hydrogen-bond acceptors (Lipinski definition) is 5. The molecule has 0 aliphatic heterocycles. The summed E-state index contributed by atoms with van der Waals surface area (Å²) in [7, 11) is -1.91. The molecule has 0 radical (unpaired) electrons. The highest BCUT2D eigenvalue weighted by atomic mass is 32.2. The zero-order valence-corrected chi connectivity index (χ0v) is 18.0. The molecule has 7 nitrogen and oxygen atoms in total. The third kappa shape index (κ3) is 6.16. The van der Waals surface area contributed by atoms with Crippen LogP contribution >= 0.6 is 0 Å². The maximum absolute atomic E-state index is 12.3. The molecular formula is C23H23N3O4S. The van der Waals surface area contributed by atoms with E-state index in [0.29, 0.717) is 11.3 Å². The summed E-state index contributed by atoms with van der Waals surface area (Å²) in [5, 5.41) is 3.95. The van der Waals surface area contributed by atoms with Crippen molar-refractivity contribution in [3.8, 4) is 5.75 Å². The number of nitrogens with zero attached hydrogens (tertiary/aromatic N) is 2. The van der Waals surface area contributed by atoms with Gasteiger partial charge in [0.05, 0.1) is 31.8 Å². The number of carbonyl (C=O) groups excluding carboxylic acids is 1. The predicted octanol–water partition coefficient (Wildman–Crippen LogP) is 3.43. The van der Waals surface area contributed by atoms with Gasteiger partial charge in [0.25, 0.3) is 5.91 Å². The van der Waals surface area contributed by atoms with E-state index in [1.165, 1.54) is 10.5 Å². The van der Waals surface area contributed by atoms with Gasteiger partial charge in [-0.3, -0.25) is 9.10 Å². The molecule has 1 amide bonds. The van der Waals surface area contributed by atoms with E-state index in [-0.39, 0.29) is 6.54 Å². The minimum absolute atomic E-state index is 0.206. The average molecular weight is 438 g/mol. The van der Waals surface area contributed by atoms with Crippen LogP contribution in [0.15, 0.2) is 84.0 Å². The summed E-state index contributed by atoms with van der Waals surface area (Å²) in [4.78, 5) is 12.3. The molecule has 3 aromatic rings. The van der Waals surface area contributed by atoms with Gasteiger partial charge in [-0.05, 0) is 59.7 Å². The number of rotatable bonds is 8. The second kappa shape index (κ2) is 9.90. The lowest BCUT2D eigenvalue weighted by Crippen LogP contribution is -2.29. The Balaban J connectivity index is 1.68. The molecular weight excluding hydrogens is 414 g/mol. The molecule has 8 heteroatoms. The Hall–Kier alpha value is -3.65. The van der Waals surface area contributed by atoms with Crippen LogP contribution in [0.2, 0.25) is 0 Å². The lowest BCUT2D eigenvalue weighted by molar-refractivity contribution is 0.0955. The Morgan fingerprint density at radius 3 is 2.23 bits per heavy atom. The van der Waals surface area contributed by atoms with Crippen LogP contribution in [0.5, 0.6) is 5.75 Å². The Morgan fingerprint density at radius 1 is 1.00 bits per heavy atom. The molecule has 1 N–H and O–H groups in total. The van der Waals surface area contributed by atoms with Crippen LogP contribution in [-0.2, 0) is 16.6 Å². The Morgan fingerprint density at radius 2 is 1.65 bits per heavy atom. The van der Waals surface area contributed by atoms with Crippen LogP contribution in [0.25, 0.3) is 0 Å².